The number of oxazole rings is 1. The zero-order chi connectivity index (χ0) is 19.1. The molecule has 4 aromatic rings. The molecule has 1 unspecified atom stereocenters. The van der Waals surface area contributed by atoms with Crippen LogP contribution in [0.3, 0.4) is 0 Å². The fourth-order valence-corrected chi connectivity index (χ4v) is 3.87. The number of aryl methyl sites for hydroxylation is 1. The first-order valence-electron chi connectivity index (χ1n) is 9.46. The van der Waals surface area contributed by atoms with Crippen molar-refractivity contribution in [3.05, 3.63) is 72.1 Å². The number of likely N-dealkylation sites (tertiary alicyclic amines) is 1. The van der Waals surface area contributed by atoms with E-state index in [0.717, 1.165) is 35.2 Å². The van der Waals surface area contributed by atoms with Crippen LogP contribution in [0, 0.1) is 6.92 Å². The summed E-state index contributed by atoms with van der Waals surface area (Å²) in [6.07, 6.45) is 3.42. The van der Waals surface area contributed by atoms with E-state index in [9.17, 15) is 4.79 Å². The van der Waals surface area contributed by atoms with Crippen molar-refractivity contribution in [3.8, 4) is 11.3 Å². The van der Waals surface area contributed by atoms with Crippen molar-refractivity contribution in [2.24, 2.45) is 0 Å². The van der Waals surface area contributed by atoms with Crippen LogP contribution in [0.2, 0.25) is 0 Å². The molecule has 0 radical (unpaired) electrons. The Morgan fingerprint density at radius 1 is 1.18 bits per heavy atom. The van der Waals surface area contributed by atoms with Gasteiger partial charge in [-0.15, -0.1) is 0 Å². The van der Waals surface area contributed by atoms with Crippen LogP contribution in [0.25, 0.3) is 22.0 Å². The maximum atomic E-state index is 13.1. The molecule has 3 heterocycles. The van der Waals surface area contributed by atoms with Gasteiger partial charge in [0.1, 0.15) is 18.0 Å². The summed E-state index contributed by atoms with van der Waals surface area (Å²) in [6, 6.07) is 16.1. The van der Waals surface area contributed by atoms with E-state index in [0.29, 0.717) is 18.1 Å². The largest absolute Gasteiger partial charge is 0.446 e. The Morgan fingerprint density at radius 3 is 2.86 bits per heavy atom. The number of aromatic amines is 1. The molecule has 28 heavy (non-hydrogen) atoms. The lowest BCUT2D eigenvalue weighted by molar-refractivity contribution is 0.0709. The third kappa shape index (κ3) is 2.87. The second-order valence-electron chi connectivity index (χ2n) is 7.21. The van der Waals surface area contributed by atoms with Gasteiger partial charge < -0.3 is 9.32 Å². The van der Waals surface area contributed by atoms with Crippen molar-refractivity contribution in [1.82, 2.24) is 20.1 Å². The lowest BCUT2D eigenvalue weighted by atomic mass is 10.1. The topological polar surface area (TPSA) is 75.0 Å². The molecule has 0 spiro atoms. The van der Waals surface area contributed by atoms with Crippen LogP contribution in [0.5, 0.6) is 0 Å². The van der Waals surface area contributed by atoms with Crippen LogP contribution < -0.4 is 0 Å². The average molecular weight is 372 g/mol. The predicted octanol–water partition coefficient (Wildman–Crippen LogP) is 4.50. The van der Waals surface area contributed by atoms with Gasteiger partial charge in [-0.05, 0) is 42.7 Å². The molecule has 1 atom stereocenters. The Morgan fingerprint density at radius 2 is 2.04 bits per heavy atom. The minimum Gasteiger partial charge on any atom is -0.446 e. The summed E-state index contributed by atoms with van der Waals surface area (Å²) in [5.41, 5.74) is 3.06. The SMILES string of the molecule is Cc1coc(C2CCCN2C(=O)c2cc(-c3ccc4ccccc4c3)n[nH]2)n1. The van der Waals surface area contributed by atoms with Gasteiger partial charge in [0.2, 0.25) is 5.89 Å². The molecule has 6 nitrogen and oxygen atoms in total. The van der Waals surface area contributed by atoms with Crippen molar-refractivity contribution >= 4 is 16.7 Å². The summed E-state index contributed by atoms with van der Waals surface area (Å²) < 4.78 is 5.55. The number of nitrogens with one attached hydrogen (secondary N) is 1. The first kappa shape index (κ1) is 16.7. The number of carbonyl (C=O) groups excluding carboxylic acids is 1. The number of H-pyrrole nitrogens is 1. The van der Waals surface area contributed by atoms with E-state index in [1.807, 2.05) is 36.1 Å². The number of amides is 1. The van der Waals surface area contributed by atoms with E-state index in [4.69, 9.17) is 4.42 Å². The van der Waals surface area contributed by atoms with Gasteiger partial charge in [-0.2, -0.15) is 5.10 Å². The van der Waals surface area contributed by atoms with E-state index in [1.165, 1.54) is 5.39 Å². The third-order valence-corrected chi connectivity index (χ3v) is 5.29. The highest BCUT2D eigenvalue weighted by Crippen LogP contribution is 2.33. The minimum atomic E-state index is -0.117. The quantitative estimate of drug-likeness (QED) is 0.574. The molecular weight excluding hydrogens is 352 g/mol. The lowest BCUT2D eigenvalue weighted by Crippen LogP contribution is -2.31. The molecule has 1 saturated heterocycles. The number of benzene rings is 2. The summed E-state index contributed by atoms with van der Waals surface area (Å²) in [5, 5.41) is 9.62. The summed E-state index contributed by atoms with van der Waals surface area (Å²) in [6.45, 7) is 2.58. The molecule has 0 aliphatic carbocycles. The molecule has 0 saturated carbocycles. The number of rotatable bonds is 3. The first-order valence-corrected chi connectivity index (χ1v) is 9.46. The second-order valence-corrected chi connectivity index (χ2v) is 7.21. The van der Waals surface area contributed by atoms with Crippen LogP contribution in [-0.4, -0.2) is 32.5 Å². The highest BCUT2D eigenvalue weighted by atomic mass is 16.3. The van der Waals surface area contributed by atoms with Gasteiger partial charge in [0.15, 0.2) is 0 Å². The number of carbonyl (C=O) groups is 1. The van der Waals surface area contributed by atoms with E-state index >= 15 is 0 Å². The zero-order valence-corrected chi connectivity index (χ0v) is 15.6. The number of aromatic nitrogens is 3. The maximum absolute atomic E-state index is 13.1. The number of hydrogen-bond acceptors (Lipinski definition) is 4. The van der Waals surface area contributed by atoms with Crippen LogP contribution in [0.15, 0.2) is 59.2 Å². The van der Waals surface area contributed by atoms with Crippen LogP contribution in [0.1, 0.15) is 41.0 Å². The Kier molecular flexibility index (Phi) is 3.97. The highest BCUT2D eigenvalue weighted by molar-refractivity contribution is 5.94. The number of nitrogens with zero attached hydrogens (tertiary/aromatic N) is 3. The minimum absolute atomic E-state index is 0.0714. The van der Waals surface area contributed by atoms with Crippen molar-refractivity contribution < 1.29 is 9.21 Å². The molecule has 5 rings (SSSR count). The Hall–Kier alpha value is -3.41. The van der Waals surface area contributed by atoms with Gasteiger partial charge in [0.05, 0.1) is 11.4 Å². The summed E-state index contributed by atoms with van der Waals surface area (Å²) >= 11 is 0. The smallest absolute Gasteiger partial charge is 0.272 e. The second kappa shape index (κ2) is 6.64. The van der Waals surface area contributed by atoms with E-state index in [1.54, 1.807) is 6.26 Å². The van der Waals surface area contributed by atoms with E-state index in [-0.39, 0.29) is 11.9 Å². The monoisotopic (exact) mass is 372 g/mol. The Bertz CT molecular complexity index is 1160. The van der Waals surface area contributed by atoms with E-state index < -0.39 is 0 Å². The zero-order valence-electron chi connectivity index (χ0n) is 15.6. The normalized spacial score (nSPS) is 16.8. The molecule has 1 amide bonds. The number of fused-ring (bicyclic) bond motifs is 1. The lowest BCUT2D eigenvalue weighted by Gasteiger charge is -2.21. The summed E-state index contributed by atoms with van der Waals surface area (Å²) in [5.74, 6) is 0.538. The molecule has 0 bridgehead atoms. The van der Waals surface area contributed by atoms with Crippen molar-refractivity contribution in [2.45, 2.75) is 25.8 Å². The average Bonchev–Trinajstić information content (AvgIpc) is 3.47. The maximum Gasteiger partial charge on any atom is 0.272 e. The van der Waals surface area contributed by atoms with Crippen LogP contribution in [0.4, 0.5) is 0 Å². The van der Waals surface area contributed by atoms with Crippen molar-refractivity contribution in [1.29, 1.82) is 0 Å². The fourth-order valence-electron chi connectivity index (χ4n) is 3.87. The van der Waals surface area contributed by atoms with Gasteiger partial charge in [-0.1, -0.05) is 36.4 Å². The number of hydrogen-bond donors (Lipinski definition) is 1. The van der Waals surface area contributed by atoms with Gasteiger partial charge in [0.25, 0.3) is 5.91 Å². The third-order valence-electron chi connectivity index (χ3n) is 5.29. The molecule has 140 valence electrons. The molecule has 1 aliphatic heterocycles. The first-order chi connectivity index (χ1) is 13.7. The molecule has 1 aliphatic rings. The Balaban J connectivity index is 1.42. The standard InChI is InChI=1S/C22H20N4O2/c1-14-13-28-21(23-14)20-7-4-10-26(20)22(27)19-12-18(24-25-19)17-9-8-15-5-2-3-6-16(15)11-17/h2-3,5-6,8-9,11-13,20H,4,7,10H2,1H3,(H,24,25). The van der Waals surface area contributed by atoms with Crippen LogP contribution >= 0.6 is 0 Å². The molecule has 1 fully saturated rings. The fraction of sp³-hybridized carbons (Fsp3) is 0.227. The molecule has 1 N–H and O–H groups in total. The van der Waals surface area contributed by atoms with Crippen LogP contribution in [-0.2, 0) is 0 Å². The molecular formula is C22H20N4O2. The summed E-state index contributed by atoms with van der Waals surface area (Å²) in [4.78, 5) is 19.3. The van der Waals surface area contributed by atoms with E-state index in [2.05, 4.69) is 39.4 Å². The Labute approximate surface area is 162 Å². The molecule has 6 heteroatoms. The van der Waals surface area contributed by atoms with Gasteiger partial charge >= 0.3 is 0 Å². The van der Waals surface area contributed by atoms with Gasteiger partial charge in [0, 0.05) is 12.1 Å². The molecule has 2 aromatic heterocycles. The highest BCUT2D eigenvalue weighted by Gasteiger charge is 2.34. The van der Waals surface area contributed by atoms with Crippen molar-refractivity contribution in [2.75, 3.05) is 6.54 Å². The van der Waals surface area contributed by atoms with Gasteiger partial charge in [-0.25, -0.2) is 4.98 Å². The van der Waals surface area contributed by atoms with Crippen molar-refractivity contribution in [3.63, 3.8) is 0 Å². The predicted molar refractivity (Wildman–Crippen MR) is 106 cm³/mol. The molecule has 2 aromatic carbocycles. The summed E-state index contributed by atoms with van der Waals surface area (Å²) in [7, 11) is 0. The van der Waals surface area contributed by atoms with Gasteiger partial charge in [-0.3, -0.25) is 9.89 Å².